The first-order valence-corrected chi connectivity index (χ1v) is 9.44. The van der Waals surface area contributed by atoms with Crippen LogP contribution in [-0.4, -0.2) is 28.1 Å². The molecule has 146 valence electrons. The number of imidazole rings is 1. The Labute approximate surface area is 164 Å². The molecule has 0 radical (unpaired) electrons. The predicted octanol–water partition coefficient (Wildman–Crippen LogP) is 3.38. The van der Waals surface area contributed by atoms with Gasteiger partial charge in [-0.2, -0.15) is 0 Å². The lowest BCUT2D eigenvalue weighted by Gasteiger charge is -2.24. The Morgan fingerprint density at radius 1 is 1.04 bits per heavy atom. The van der Waals surface area contributed by atoms with Crippen LogP contribution in [0.15, 0.2) is 53.3 Å². The minimum Gasteiger partial charge on any atom is -0.370 e. The van der Waals surface area contributed by atoms with Crippen LogP contribution in [0.25, 0.3) is 17.1 Å². The summed E-state index contributed by atoms with van der Waals surface area (Å²) in [5.74, 6) is -0.211. The zero-order valence-corrected chi connectivity index (χ0v) is 16.8. The van der Waals surface area contributed by atoms with Crippen LogP contribution in [0.5, 0.6) is 0 Å². The second kappa shape index (κ2) is 8.17. The number of amides is 1. The van der Waals surface area contributed by atoms with Crippen molar-refractivity contribution in [2.45, 2.75) is 13.8 Å². The van der Waals surface area contributed by atoms with Gasteiger partial charge in [0.1, 0.15) is 0 Å². The number of nitrogens with one attached hydrogen (secondary N) is 1. The molecule has 0 fully saturated rings. The topological polar surface area (TPSA) is 59.3 Å². The average molecular weight is 378 g/mol. The molecule has 1 N–H and O–H groups in total. The SMILES string of the molecule is CCN(CC)c1cc2c(cc1NC(=O)/C=C/c1ccccc1)n(C)c(=O)n2C. The first-order chi connectivity index (χ1) is 13.5. The highest BCUT2D eigenvalue weighted by molar-refractivity contribution is 6.05. The first kappa shape index (κ1) is 19.5. The van der Waals surface area contributed by atoms with Gasteiger partial charge in [-0.05, 0) is 37.6 Å². The minimum absolute atomic E-state index is 0.0899. The van der Waals surface area contributed by atoms with Gasteiger partial charge in [-0.25, -0.2) is 4.79 Å². The Hall–Kier alpha value is -3.28. The number of nitrogens with zero attached hydrogens (tertiary/aromatic N) is 3. The fraction of sp³-hybridized carbons (Fsp3) is 0.273. The quantitative estimate of drug-likeness (QED) is 0.669. The minimum atomic E-state index is -0.211. The van der Waals surface area contributed by atoms with E-state index in [4.69, 9.17) is 0 Å². The van der Waals surface area contributed by atoms with E-state index in [1.807, 2.05) is 42.5 Å². The number of anilines is 2. The third kappa shape index (κ3) is 3.71. The third-order valence-corrected chi connectivity index (χ3v) is 4.98. The predicted molar refractivity (Wildman–Crippen MR) is 116 cm³/mol. The highest BCUT2D eigenvalue weighted by Crippen LogP contribution is 2.31. The summed E-state index contributed by atoms with van der Waals surface area (Å²) in [5.41, 5.74) is 4.09. The molecule has 6 nitrogen and oxygen atoms in total. The molecule has 6 heteroatoms. The van der Waals surface area contributed by atoms with E-state index in [0.29, 0.717) is 5.69 Å². The summed E-state index contributed by atoms with van der Waals surface area (Å²) in [6.45, 7) is 5.73. The van der Waals surface area contributed by atoms with Gasteiger partial charge in [-0.3, -0.25) is 13.9 Å². The number of rotatable bonds is 6. The molecular weight excluding hydrogens is 352 g/mol. The molecule has 1 heterocycles. The van der Waals surface area contributed by atoms with Crippen molar-refractivity contribution >= 4 is 34.4 Å². The molecule has 1 aromatic heterocycles. The number of benzene rings is 2. The molecule has 2 aromatic carbocycles. The van der Waals surface area contributed by atoms with Crippen molar-refractivity contribution in [1.29, 1.82) is 0 Å². The molecule has 0 unspecified atom stereocenters. The second-order valence-corrected chi connectivity index (χ2v) is 6.66. The van der Waals surface area contributed by atoms with Gasteiger partial charge >= 0.3 is 5.69 Å². The number of fused-ring (bicyclic) bond motifs is 1. The largest absolute Gasteiger partial charge is 0.370 e. The van der Waals surface area contributed by atoms with Gasteiger partial charge in [0.15, 0.2) is 0 Å². The van der Waals surface area contributed by atoms with Crippen molar-refractivity contribution in [1.82, 2.24) is 9.13 Å². The number of aryl methyl sites for hydroxylation is 2. The molecule has 0 aliphatic heterocycles. The number of hydrogen-bond acceptors (Lipinski definition) is 3. The van der Waals surface area contributed by atoms with Crippen LogP contribution in [0.1, 0.15) is 19.4 Å². The fourth-order valence-electron chi connectivity index (χ4n) is 3.37. The van der Waals surface area contributed by atoms with Crippen LogP contribution < -0.4 is 15.9 Å². The summed E-state index contributed by atoms with van der Waals surface area (Å²) in [7, 11) is 3.50. The standard InChI is InChI=1S/C22H26N4O2/c1-5-26(6-2)18-15-20-19(24(3)22(28)25(20)4)14-17(18)23-21(27)13-12-16-10-8-7-9-11-16/h7-15H,5-6H2,1-4H3,(H,23,27)/b13-12+. The fourth-order valence-corrected chi connectivity index (χ4v) is 3.37. The first-order valence-electron chi connectivity index (χ1n) is 9.44. The second-order valence-electron chi connectivity index (χ2n) is 6.66. The molecule has 3 aromatic rings. The summed E-state index contributed by atoms with van der Waals surface area (Å²) in [6, 6.07) is 13.5. The maximum atomic E-state index is 12.5. The normalized spacial score (nSPS) is 11.3. The molecule has 0 bridgehead atoms. The van der Waals surface area contributed by atoms with E-state index in [2.05, 4.69) is 24.1 Å². The van der Waals surface area contributed by atoms with Crippen molar-refractivity contribution in [3.8, 4) is 0 Å². The van der Waals surface area contributed by atoms with E-state index in [-0.39, 0.29) is 11.6 Å². The number of carbonyl (C=O) groups is 1. The molecule has 28 heavy (non-hydrogen) atoms. The monoisotopic (exact) mass is 378 g/mol. The van der Waals surface area contributed by atoms with E-state index in [1.165, 1.54) is 6.08 Å². The van der Waals surface area contributed by atoms with E-state index in [0.717, 1.165) is 35.4 Å². The smallest absolute Gasteiger partial charge is 0.328 e. The van der Waals surface area contributed by atoms with Gasteiger partial charge in [-0.15, -0.1) is 0 Å². The highest BCUT2D eigenvalue weighted by atomic mass is 16.2. The van der Waals surface area contributed by atoms with Crippen molar-refractivity contribution < 1.29 is 4.79 Å². The molecule has 0 spiro atoms. The van der Waals surface area contributed by atoms with Crippen LogP contribution in [0.3, 0.4) is 0 Å². The van der Waals surface area contributed by atoms with E-state index in [1.54, 1.807) is 29.3 Å². The molecular formula is C22H26N4O2. The summed E-state index contributed by atoms with van der Waals surface area (Å²) in [6.07, 6.45) is 3.30. The maximum absolute atomic E-state index is 12.5. The highest BCUT2D eigenvalue weighted by Gasteiger charge is 2.16. The Morgan fingerprint density at radius 2 is 1.64 bits per heavy atom. The van der Waals surface area contributed by atoms with E-state index in [9.17, 15) is 9.59 Å². The Kier molecular flexibility index (Phi) is 5.68. The van der Waals surface area contributed by atoms with Crippen molar-refractivity contribution in [2.24, 2.45) is 14.1 Å². The number of aromatic nitrogens is 2. The summed E-state index contributed by atoms with van der Waals surface area (Å²) in [4.78, 5) is 27.0. The lowest BCUT2D eigenvalue weighted by atomic mass is 10.2. The Bertz CT molecular complexity index is 1070. The molecule has 0 aliphatic rings. The molecule has 1 amide bonds. The molecule has 0 saturated carbocycles. The van der Waals surface area contributed by atoms with E-state index < -0.39 is 0 Å². The van der Waals surface area contributed by atoms with Gasteiger partial charge in [0, 0.05) is 33.3 Å². The summed E-state index contributed by atoms with van der Waals surface area (Å²) in [5, 5.41) is 2.99. The van der Waals surface area contributed by atoms with Gasteiger partial charge in [0.2, 0.25) is 5.91 Å². The molecule has 0 saturated heterocycles. The summed E-state index contributed by atoms with van der Waals surface area (Å²) >= 11 is 0. The van der Waals surface area contributed by atoms with Gasteiger partial charge in [0.05, 0.1) is 22.4 Å². The number of hydrogen-bond donors (Lipinski definition) is 1. The maximum Gasteiger partial charge on any atom is 0.328 e. The lowest BCUT2D eigenvalue weighted by molar-refractivity contribution is -0.111. The van der Waals surface area contributed by atoms with Crippen LogP contribution in [0, 0.1) is 0 Å². The van der Waals surface area contributed by atoms with Gasteiger partial charge in [-0.1, -0.05) is 30.3 Å². The van der Waals surface area contributed by atoms with Crippen LogP contribution in [0.2, 0.25) is 0 Å². The van der Waals surface area contributed by atoms with Crippen LogP contribution in [-0.2, 0) is 18.9 Å². The Balaban J connectivity index is 2.01. The molecule has 0 atom stereocenters. The summed E-state index contributed by atoms with van der Waals surface area (Å²) < 4.78 is 3.22. The van der Waals surface area contributed by atoms with Crippen molar-refractivity contribution in [2.75, 3.05) is 23.3 Å². The zero-order valence-electron chi connectivity index (χ0n) is 16.8. The van der Waals surface area contributed by atoms with Crippen molar-refractivity contribution in [3.05, 3.63) is 64.6 Å². The number of carbonyl (C=O) groups excluding carboxylic acids is 1. The van der Waals surface area contributed by atoms with Crippen LogP contribution >= 0.6 is 0 Å². The lowest BCUT2D eigenvalue weighted by Crippen LogP contribution is -2.24. The van der Waals surface area contributed by atoms with Crippen LogP contribution in [0.4, 0.5) is 11.4 Å². The molecule has 0 aliphatic carbocycles. The third-order valence-electron chi connectivity index (χ3n) is 4.98. The van der Waals surface area contributed by atoms with Gasteiger partial charge < -0.3 is 10.2 Å². The average Bonchev–Trinajstić information content (AvgIpc) is 2.92. The van der Waals surface area contributed by atoms with Gasteiger partial charge in [0.25, 0.3) is 0 Å². The zero-order chi connectivity index (χ0) is 20.3. The van der Waals surface area contributed by atoms with Crippen molar-refractivity contribution in [3.63, 3.8) is 0 Å². The Morgan fingerprint density at radius 3 is 2.25 bits per heavy atom. The van der Waals surface area contributed by atoms with E-state index >= 15 is 0 Å². The molecule has 3 rings (SSSR count).